The molecule has 2 aromatic carbocycles. The van der Waals surface area contributed by atoms with E-state index in [2.05, 4.69) is 46.3 Å². The largest absolute Gasteiger partial charge is 0.494 e. The number of hydrogen-bond acceptors (Lipinski definition) is 3. The van der Waals surface area contributed by atoms with Gasteiger partial charge in [-0.2, -0.15) is 5.10 Å². The highest BCUT2D eigenvalue weighted by atomic mass is 19.1. The molecule has 5 heteroatoms. The van der Waals surface area contributed by atoms with E-state index in [0.29, 0.717) is 11.7 Å². The first-order chi connectivity index (χ1) is 13.6. The van der Waals surface area contributed by atoms with Crippen molar-refractivity contribution in [1.29, 1.82) is 0 Å². The van der Waals surface area contributed by atoms with Crippen molar-refractivity contribution >= 4 is 0 Å². The lowest BCUT2D eigenvalue weighted by atomic mass is 9.90. The molecule has 0 bridgehead atoms. The third kappa shape index (κ3) is 3.94. The molecule has 1 saturated heterocycles. The van der Waals surface area contributed by atoms with Gasteiger partial charge in [0.05, 0.1) is 13.3 Å². The Labute approximate surface area is 165 Å². The SMILES string of the molecule is COc1cc(CN2CCC[C@H](c3[nH]ncc3-c3ccc(C)cc3)C2)ccc1F. The number of methoxy groups -OCH3 is 1. The van der Waals surface area contributed by atoms with Gasteiger partial charge in [-0.25, -0.2) is 4.39 Å². The van der Waals surface area contributed by atoms with E-state index in [1.165, 1.54) is 35.6 Å². The fourth-order valence-electron chi connectivity index (χ4n) is 4.07. The van der Waals surface area contributed by atoms with Gasteiger partial charge in [-0.15, -0.1) is 0 Å². The van der Waals surface area contributed by atoms with Gasteiger partial charge in [-0.3, -0.25) is 10.00 Å². The van der Waals surface area contributed by atoms with Crippen molar-refractivity contribution in [3.05, 3.63) is 71.3 Å². The molecule has 0 spiro atoms. The molecule has 1 N–H and O–H groups in total. The van der Waals surface area contributed by atoms with E-state index in [1.54, 1.807) is 6.07 Å². The number of ether oxygens (including phenoxy) is 1. The number of aromatic nitrogens is 2. The molecule has 28 heavy (non-hydrogen) atoms. The van der Waals surface area contributed by atoms with Gasteiger partial charge in [0.25, 0.3) is 0 Å². The predicted octanol–water partition coefficient (Wildman–Crippen LogP) is 4.91. The van der Waals surface area contributed by atoms with Crippen LogP contribution in [0.4, 0.5) is 4.39 Å². The molecule has 0 saturated carbocycles. The fraction of sp³-hybridized carbons (Fsp3) is 0.348. The van der Waals surface area contributed by atoms with E-state index in [-0.39, 0.29) is 5.82 Å². The van der Waals surface area contributed by atoms with Crippen LogP contribution in [0.15, 0.2) is 48.7 Å². The number of likely N-dealkylation sites (tertiary alicyclic amines) is 1. The van der Waals surface area contributed by atoms with Crippen molar-refractivity contribution in [2.75, 3.05) is 20.2 Å². The molecule has 146 valence electrons. The molecule has 1 aliphatic rings. The molecule has 1 aliphatic heterocycles. The van der Waals surface area contributed by atoms with Crippen LogP contribution >= 0.6 is 0 Å². The molecular formula is C23H26FN3O. The Morgan fingerprint density at radius 3 is 2.82 bits per heavy atom. The van der Waals surface area contributed by atoms with Crippen molar-refractivity contribution < 1.29 is 9.13 Å². The molecule has 0 aliphatic carbocycles. The van der Waals surface area contributed by atoms with Gasteiger partial charge in [0.1, 0.15) is 0 Å². The predicted molar refractivity (Wildman–Crippen MR) is 109 cm³/mol. The summed E-state index contributed by atoms with van der Waals surface area (Å²) in [5, 5.41) is 7.59. The molecule has 0 amide bonds. The molecule has 1 atom stereocenters. The third-order valence-corrected chi connectivity index (χ3v) is 5.57. The maximum Gasteiger partial charge on any atom is 0.165 e. The van der Waals surface area contributed by atoms with E-state index in [0.717, 1.165) is 38.0 Å². The van der Waals surface area contributed by atoms with Crippen LogP contribution in [0.3, 0.4) is 0 Å². The molecule has 1 fully saturated rings. The minimum Gasteiger partial charge on any atom is -0.494 e. The first kappa shape index (κ1) is 18.7. The zero-order valence-corrected chi connectivity index (χ0v) is 16.4. The molecule has 2 heterocycles. The second-order valence-corrected chi connectivity index (χ2v) is 7.61. The van der Waals surface area contributed by atoms with E-state index < -0.39 is 0 Å². The molecular weight excluding hydrogens is 353 g/mol. The summed E-state index contributed by atoms with van der Waals surface area (Å²) >= 11 is 0. The highest BCUT2D eigenvalue weighted by Crippen LogP contribution is 2.33. The van der Waals surface area contributed by atoms with Crippen LogP contribution in [0, 0.1) is 12.7 Å². The molecule has 0 radical (unpaired) electrons. The number of rotatable bonds is 5. The first-order valence-corrected chi connectivity index (χ1v) is 9.79. The lowest BCUT2D eigenvalue weighted by Crippen LogP contribution is -2.34. The van der Waals surface area contributed by atoms with Crippen LogP contribution < -0.4 is 4.74 Å². The first-order valence-electron chi connectivity index (χ1n) is 9.79. The number of aryl methyl sites for hydroxylation is 1. The lowest BCUT2D eigenvalue weighted by Gasteiger charge is -2.32. The summed E-state index contributed by atoms with van der Waals surface area (Å²) in [6.45, 7) is 4.90. The number of piperidine rings is 1. The second kappa shape index (κ2) is 8.15. The molecule has 4 rings (SSSR count). The summed E-state index contributed by atoms with van der Waals surface area (Å²) < 4.78 is 18.8. The summed E-state index contributed by atoms with van der Waals surface area (Å²) in [7, 11) is 1.50. The number of H-pyrrole nitrogens is 1. The van der Waals surface area contributed by atoms with Crippen LogP contribution in [0.25, 0.3) is 11.1 Å². The highest BCUT2D eigenvalue weighted by Gasteiger charge is 2.25. The molecule has 3 aromatic rings. The number of nitrogens with zero attached hydrogens (tertiary/aromatic N) is 2. The van der Waals surface area contributed by atoms with Gasteiger partial charge in [0.15, 0.2) is 11.6 Å². The zero-order valence-electron chi connectivity index (χ0n) is 16.4. The van der Waals surface area contributed by atoms with Crippen molar-refractivity contribution in [2.45, 2.75) is 32.2 Å². The summed E-state index contributed by atoms with van der Waals surface area (Å²) in [5.41, 5.74) is 5.94. The van der Waals surface area contributed by atoms with Crippen molar-refractivity contribution in [3.63, 3.8) is 0 Å². The number of halogens is 1. The van der Waals surface area contributed by atoms with Crippen molar-refractivity contribution in [3.8, 4) is 16.9 Å². The standard InChI is InChI=1S/C23H26FN3O/c1-16-5-8-18(9-6-16)20-13-25-26-23(20)19-4-3-11-27(15-19)14-17-7-10-21(24)22(12-17)28-2/h5-10,12-13,19H,3-4,11,14-15H2,1-2H3,(H,25,26)/t19-/m0/s1. The van der Waals surface area contributed by atoms with Gasteiger partial charge >= 0.3 is 0 Å². The Balaban J connectivity index is 1.50. The minimum atomic E-state index is -0.317. The summed E-state index contributed by atoms with van der Waals surface area (Å²) in [6, 6.07) is 13.7. The molecule has 1 aromatic heterocycles. The molecule has 0 unspecified atom stereocenters. The smallest absolute Gasteiger partial charge is 0.165 e. The lowest BCUT2D eigenvalue weighted by molar-refractivity contribution is 0.198. The Bertz CT molecular complexity index is 935. The third-order valence-electron chi connectivity index (χ3n) is 5.57. The fourth-order valence-corrected chi connectivity index (χ4v) is 4.07. The van der Waals surface area contributed by atoms with E-state index in [9.17, 15) is 4.39 Å². The number of hydrogen-bond donors (Lipinski definition) is 1. The maximum atomic E-state index is 13.7. The van der Waals surface area contributed by atoms with Gasteiger partial charge in [0.2, 0.25) is 0 Å². The number of benzene rings is 2. The van der Waals surface area contributed by atoms with E-state index in [4.69, 9.17) is 4.74 Å². The number of nitrogens with one attached hydrogen (secondary N) is 1. The Hall–Kier alpha value is -2.66. The normalized spacial score (nSPS) is 17.6. The Morgan fingerprint density at radius 1 is 1.21 bits per heavy atom. The second-order valence-electron chi connectivity index (χ2n) is 7.61. The average Bonchev–Trinajstić information content (AvgIpc) is 3.20. The van der Waals surface area contributed by atoms with Crippen molar-refractivity contribution in [1.82, 2.24) is 15.1 Å². The van der Waals surface area contributed by atoms with Gasteiger partial charge in [-0.05, 0) is 49.6 Å². The van der Waals surface area contributed by atoms with Crippen LogP contribution in [0.2, 0.25) is 0 Å². The topological polar surface area (TPSA) is 41.1 Å². The van der Waals surface area contributed by atoms with Crippen molar-refractivity contribution in [2.24, 2.45) is 0 Å². The van der Waals surface area contributed by atoms with Gasteiger partial charge in [-0.1, -0.05) is 35.9 Å². The van der Waals surface area contributed by atoms with E-state index in [1.807, 2.05) is 12.3 Å². The summed E-state index contributed by atoms with van der Waals surface area (Å²) in [5.74, 6) is 0.402. The number of aromatic amines is 1. The maximum absolute atomic E-state index is 13.7. The van der Waals surface area contributed by atoms with Crippen LogP contribution in [0.1, 0.15) is 35.6 Å². The van der Waals surface area contributed by atoms with Crippen LogP contribution in [-0.4, -0.2) is 35.3 Å². The highest BCUT2D eigenvalue weighted by molar-refractivity contribution is 5.66. The zero-order chi connectivity index (χ0) is 19.5. The summed E-state index contributed by atoms with van der Waals surface area (Å²) in [4.78, 5) is 2.43. The van der Waals surface area contributed by atoms with Crippen LogP contribution in [0.5, 0.6) is 5.75 Å². The van der Waals surface area contributed by atoms with Gasteiger partial charge in [0, 0.05) is 30.3 Å². The van der Waals surface area contributed by atoms with E-state index >= 15 is 0 Å². The average molecular weight is 379 g/mol. The van der Waals surface area contributed by atoms with Gasteiger partial charge < -0.3 is 4.74 Å². The van der Waals surface area contributed by atoms with Crippen LogP contribution in [-0.2, 0) is 6.54 Å². The Kier molecular flexibility index (Phi) is 5.44. The minimum absolute atomic E-state index is 0.307. The molecule has 4 nitrogen and oxygen atoms in total. The summed E-state index contributed by atoms with van der Waals surface area (Å²) in [6.07, 6.45) is 4.21. The monoisotopic (exact) mass is 379 g/mol. The Morgan fingerprint density at radius 2 is 2.04 bits per heavy atom. The quantitative estimate of drug-likeness (QED) is 0.685.